The summed E-state index contributed by atoms with van der Waals surface area (Å²) in [5.41, 5.74) is 0. The molecule has 1 atom stereocenters. The van der Waals surface area contributed by atoms with E-state index >= 15 is 0 Å². The van der Waals surface area contributed by atoms with E-state index in [0.29, 0.717) is 6.61 Å². The lowest BCUT2D eigenvalue weighted by Crippen LogP contribution is -2.17. The molecule has 0 bridgehead atoms. The van der Waals surface area contributed by atoms with E-state index in [-0.39, 0.29) is 5.92 Å². The Balaban J connectivity index is 3.54. The van der Waals surface area contributed by atoms with Crippen LogP contribution in [-0.4, -0.2) is 12.6 Å². The highest BCUT2D eigenvalue weighted by atomic mass is 17.7. The van der Waals surface area contributed by atoms with Crippen LogP contribution in [0.3, 0.4) is 0 Å². The van der Waals surface area contributed by atoms with Gasteiger partial charge in [-0.1, -0.05) is 40.0 Å². The second-order valence-electron chi connectivity index (χ2n) is 3.96. The molecule has 0 heterocycles. The molecule has 102 valence electrons. The first-order valence-corrected chi connectivity index (χ1v) is 6.42. The van der Waals surface area contributed by atoms with Crippen molar-refractivity contribution in [3.8, 4) is 0 Å². The number of hydrogen-bond acceptors (Lipinski definition) is 5. The average molecular weight is 248 g/mol. The van der Waals surface area contributed by atoms with Crippen LogP contribution in [0.2, 0.25) is 0 Å². The summed E-state index contributed by atoms with van der Waals surface area (Å²) in [4.78, 5) is 20.6. The Hall–Kier alpha value is -0.650. The van der Waals surface area contributed by atoms with E-state index in [2.05, 4.69) is 26.8 Å². The molecule has 0 amide bonds. The van der Waals surface area contributed by atoms with E-state index in [4.69, 9.17) is 0 Å². The third-order valence-corrected chi connectivity index (χ3v) is 2.51. The second-order valence-corrected chi connectivity index (χ2v) is 3.96. The maximum atomic E-state index is 11.5. The fraction of sp³-hybridized carbons (Fsp3) is 0.917. The van der Waals surface area contributed by atoms with E-state index in [1.165, 1.54) is 0 Å². The molecule has 0 aliphatic rings. The number of carbonyl (C=O) groups is 1. The maximum absolute atomic E-state index is 11.5. The summed E-state index contributed by atoms with van der Waals surface area (Å²) >= 11 is 0. The van der Waals surface area contributed by atoms with Gasteiger partial charge in [-0.2, -0.15) is 0 Å². The Morgan fingerprint density at radius 1 is 1.06 bits per heavy atom. The van der Waals surface area contributed by atoms with E-state index in [1.54, 1.807) is 0 Å². The Kier molecular flexibility index (Phi) is 11.4. The first-order valence-electron chi connectivity index (χ1n) is 6.42. The fourth-order valence-corrected chi connectivity index (χ4v) is 1.31. The van der Waals surface area contributed by atoms with Gasteiger partial charge in [0.15, 0.2) is 0 Å². The van der Waals surface area contributed by atoms with Crippen LogP contribution in [0.25, 0.3) is 0 Å². The summed E-state index contributed by atoms with van der Waals surface area (Å²) in [6, 6.07) is 0. The van der Waals surface area contributed by atoms with Gasteiger partial charge in [0.05, 0.1) is 12.5 Å². The summed E-state index contributed by atoms with van der Waals surface area (Å²) in [6.45, 7) is 6.48. The molecule has 0 fully saturated rings. The summed E-state index contributed by atoms with van der Waals surface area (Å²) in [7, 11) is 0. The highest BCUT2D eigenvalue weighted by molar-refractivity contribution is 5.71. The minimum absolute atomic E-state index is 0.130. The average Bonchev–Trinajstić information content (AvgIpc) is 2.34. The topological polar surface area (TPSA) is 54.0 Å². The smallest absolute Gasteiger partial charge is 0.266 e. The van der Waals surface area contributed by atoms with E-state index in [9.17, 15) is 4.79 Å². The van der Waals surface area contributed by atoms with Crippen LogP contribution in [0.5, 0.6) is 0 Å². The van der Waals surface area contributed by atoms with Crippen molar-refractivity contribution in [3.05, 3.63) is 0 Å². The molecule has 0 aromatic carbocycles. The molecule has 0 rings (SSSR count). The van der Waals surface area contributed by atoms with Crippen molar-refractivity contribution in [3.63, 3.8) is 0 Å². The van der Waals surface area contributed by atoms with Gasteiger partial charge in [0.25, 0.3) is 0 Å². The molecule has 17 heavy (non-hydrogen) atoms. The zero-order valence-corrected chi connectivity index (χ0v) is 11.1. The molecule has 0 aliphatic heterocycles. The molecule has 0 N–H and O–H groups in total. The van der Waals surface area contributed by atoms with Crippen LogP contribution in [-0.2, 0) is 24.6 Å². The van der Waals surface area contributed by atoms with Crippen LogP contribution >= 0.6 is 0 Å². The minimum atomic E-state index is -0.403. The lowest BCUT2D eigenvalue weighted by molar-refractivity contribution is -0.618. The lowest BCUT2D eigenvalue weighted by atomic mass is 10.00. The summed E-state index contributed by atoms with van der Waals surface area (Å²) in [5, 5.41) is 8.50. The third-order valence-electron chi connectivity index (χ3n) is 2.51. The van der Waals surface area contributed by atoms with Gasteiger partial charge in [-0.15, -0.1) is 0 Å². The molecule has 0 aromatic rings. The molecule has 5 nitrogen and oxygen atoms in total. The predicted molar refractivity (Wildman–Crippen MR) is 62.4 cm³/mol. The summed E-state index contributed by atoms with van der Waals surface area (Å²) < 4.78 is 0. The monoisotopic (exact) mass is 248 g/mol. The van der Waals surface area contributed by atoms with Crippen molar-refractivity contribution in [2.24, 2.45) is 5.92 Å². The first kappa shape index (κ1) is 16.4. The highest BCUT2D eigenvalue weighted by Gasteiger charge is 2.18. The van der Waals surface area contributed by atoms with Gasteiger partial charge in [0.1, 0.15) is 0 Å². The molecule has 0 saturated carbocycles. The molecule has 1 unspecified atom stereocenters. The van der Waals surface area contributed by atoms with Crippen LogP contribution in [0, 0.1) is 5.92 Å². The lowest BCUT2D eigenvalue weighted by Gasteiger charge is -2.10. The quantitative estimate of drug-likeness (QED) is 0.319. The summed E-state index contributed by atoms with van der Waals surface area (Å²) in [5.74, 6) is -0.533. The molecule has 0 spiro atoms. The van der Waals surface area contributed by atoms with Crippen LogP contribution in [0.15, 0.2) is 0 Å². The van der Waals surface area contributed by atoms with E-state index in [0.717, 1.165) is 38.5 Å². The van der Waals surface area contributed by atoms with Gasteiger partial charge in [-0.05, 0) is 24.3 Å². The van der Waals surface area contributed by atoms with Crippen molar-refractivity contribution in [1.29, 1.82) is 0 Å². The van der Waals surface area contributed by atoms with Crippen molar-refractivity contribution in [2.45, 2.75) is 59.3 Å². The largest absolute Gasteiger partial charge is 0.348 e. The van der Waals surface area contributed by atoms with Crippen molar-refractivity contribution >= 4 is 5.97 Å². The molecule has 0 saturated heterocycles. The molecule has 5 heteroatoms. The molecular weight excluding hydrogens is 224 g/mol. The summed E-state index contributed by atoms with van der Waals surface area (Å²) in [6.07, 6.45) is 5.47. The highest BCUT2D eigenvalue weighted by Crippen LogP contribution is 2.14. The zero-order valence-electron chi connectivity index (χ0n) is 11.1. The van der Waals surface area contributed by atoms with Gasteiger partial charge in [0, 0.05) is 5.04 Å². The van der Waals surface area contributed by atoms with Crippen LogP contribution < -0.4 is 0 Å². The molecule has 0 radical (unpaired) electrons. The zero-order chi connectivity index (χ0) is 12.9. The van der Waals surface area contributed by atoms with Crippen molar-refractivity contribution in [2.75, 3.05) is 6.61 Å². The van der Waals surface area contributed by atoms with Gasteiger partial charge in [-0.25, -0.2) is 9.68 Å². The van der Waals surface area contributed by atoms with Gasteiger partial charge < -0.3 is 0 Å². The number of unbranched alkanes of at least 4 members (excludes halogenated alkanes) is 2. The number of carbonyl (C=O) groups excluding carboxylic acids is 1. The van der Waals surface area contributed by atoms with Gasteiger partial charge in [-0.3, -0.25) is 4.89 Å². The number of hydrogen-bond donors (Lipinski definition) is 0. The van der Waals surface area contributed by atoms with Crippen LogP contribution in [0.1, 0.15) is 59.3 Å². The van der Waals surface area contributed by atoms with Gasteiger partial charge in [0.2, 0.25) is 0 Å². The van der Waals surface area contributed by atoms with Gasteiger partial charge >= 0.3 is 5.97 Å². The normalized spacial score (nSPS) is 12.4. The molecular formula is C12H24O5. The first-order chi connectivity index (χ1) is 8.26. The predicted octanol–water partition coefficient (Wildman–Crippen LogP) is 3.34. The fourth-order valence-electron chi connectivity index (χ4n) is 1.31. The Labute approximate surface area is 103 Å². The Morgan fingerprint density at radius 3 is 2.35 bits per heavy atom. The SMILES string of the molecule is CCCCOOOOC(=O)C(CC)CCCC. The molecule has 0 aromatic heterocycles. The van der Waals surface area contributed by atoms with Crippen LogP contribution in [0.4, 0.5) is 0 Å². The number of rotatable bonds is 11. The third kappa shape index (κ3) is 9.09. The maximum Gasteiger partial charge on any atom is 0.348 e. The molecule has 0 aliphatic carbocycles. The second kappa shape index (κ2) is 11.8. The van der Waals surface area contributed by atoms with Crippen molar-refractivity contribution in [1.82, 2.24) is 0 Å². The Bertz CT molecular complexity index is 184. The minimum Gasteiger partial charge on any atom is -0.266 e. The Morgan fingerprint density at radius 2 is 1.76 bits per heavy atom. The van der Waals surface area contributed by atoms with E-state index < -0.39 is 5.97 Å². The van der Waals surface area contributed by atoms with Crippen molar-refractivity contribution < 1.29 is 24.6 Å². The van der Waals surface area contributed by atoms with E-state index in [1.807, 2.05) is 13.8 Å². The standard InChI is InChI=1S/C12H24O5/c1-4-7-9-11(6-3)12(13)15-17-16-14-10-8-5-2/h11H,4-10H2,1-3H3.